The zero-order valence-electron chi connectivity index (χ0n) is 17.7. The summed E-state index contributed by atoms with van der Waals surface area (Å²) in [5.74, 6) is 1.64. The highest BCUT2D eigenvalue weighted by molar-refractivity contribution is 7.91. The number of benzene rings is 2. The number of anilines is 2. The van der Waals surface area contributed by atoms with Crippen LogP contribution in [0, 0.1) is 20.2 Å². The molecule has 2 saturated heterocycles. The van der Waals surface area contributed by atoms with Crippen LogP contribution in [0.5, 0.6) is 0 Å². The summed E-state index contributed by atoms with van der Waals surface area (Å²) in [6, 6.07) is 12.6. The second kappa shape index (κ2) is 10.7. The quantitative estimate of drug-likeness (QED) is 0.458. The average Bonchev–Trinajstić information content (AvgIpc) is 2.80. The van der Waals surface area contributed by atoms with Gasteiger partial charge in [-0.2, -0.15) is 0 Å². The summed E-state index contributed by atoms with van der Waals surface area (Å²) in [5.41, 5.74) is 1.93. The molecule has 11 nitrogen and oxygen atoms in total. The van der Waals surface area contributed by atoms with Gasteiger partial charge in [0, 0.05) is 84.1 Å². The third kappa shape index (κ3) is 6.96. The van der Waals surface area contributed by atoms with Crippen LogP contribution in [0.1, 0.15) is 0 Å². The van der Waals surface area contributed by atoms with E-state index in [0.29, 0.717) is 24.6 Å². The lowest BCUT2D eigenvalue weighted by Gasteiger charge is -2.28. The van der Waals surface area contributed by atoms with Gasteiger partial charge in [-0.15, -0.1) is 0 Å². The third-order valence-corrected chi connectivity index (χ3v) is 8.26. The highest BCUT2D eigenvalue weighted by Crippen LogP contribution is 2.21. The highest BCUT2D eigenvalue weighted by atomic mass is 32.2. The molecule has 2 aromatic rings. The summed E-state index contributed by atoms with van der Waals surface area (Å²) in [5, 5.41) is 21.0. The van der Waals surface area contributed by atoms with Crippen molar-refractivity contribution in [2.45, 2.75) is 0 Å². The molecule has 0 aliphatic carbocycles. The standard InChI is InChI=1S/C10H12N2O4S.C10H12N2O3S/c13-12(14)10-3-1-9(2-4-10)11-5-7-17(15,16)8-6-11;13-12(14)10-3-1-9(2-4-10)11-5-7-16(15)8-6-11/h1-4H,5-8H2;1-4H,5-8H2. The van der Waals surface area contributed by atoms with Crippen molar-refractivity contribution in [1.82, 2.24) is 0 Å². The van der Waals surface area contributed by atoms with Gasteiger partial charge in [-0.05, 0) is 24.3 Å². The Morgan fingerprint density at radius 1 is 0.697 bits per heavy atom. The van der Waals surface area contributed by atoms with E-state index < -0.39 is 30.5 Å². The van der Waals surface area contributed by atoms with Crippen LogP contribution in [0.3, 0.4) is 0 Å². The predicted octanol–water partition coefficient (Wildman–Crippen LogP) is 1.99. The van der Waals surface area contributed by atoms with Gasteiger partial charge in [0.1, 0.15) is 0 Å². The van der Waals surface area contributed by atoms with Gasteiger partial charge in [0.25, 0.3) is 11.4 Å². The molecule has 2 aliphatic heterocycles. The van der Waals surface area contributed by atoms with Crippen molar-refractivity contribution in [2.75, 3.05) is 59.0 Å². The fourth-order valence-corrected chi connectivity index (χ4v) is 5.69. The van der Waals surface area contributed by atoms with Crippen LogP contribution in [0.4, 0.5) is 22.7 Å². The van der Waals surface area contributed by atoms with Gasteiger partial charge in [-0.25, -0.2) is 8.42 Å². The van der Waals surface area contributed by atoms with Gasteiger partial charge in [-0.3, -0.25) is 24.4 Å². The first-order valence-electron chi connectivity index (χ1n) is 10.2. The largest absolute Gasteiger partial charge is 0.370 e. The molecule has 0 N–H and O–H groups in total. The number of nitrogens with zero attached hydrogens (tertiary/aromatic N) is 4. The second-order valence-electron chi connectivity index (χ2n) is 7.52. The van der Waals surface area contributed by atoms with E-state index in [4.69, 9.17) is 0 Å². The Bertz CT molecular complexity index is 1100. The van der Waals surface area contributed by atoms with Crippen LogP contribution >= 0.6 is 0 Å². The average molecular weight is 497 g/mol. The highest BCUT2D eigenvalue weighted by Gasteiger charge is 2.22. The molecule has 0 radical (unpaired) electrons. The van der Waals surface area contributed by atoms with Crippen molar-refractivity contribution >= 4 is 43.4 Å². The zero-order valence-corrected chi connectivity index (χ0v) is 19.4. The Kier molecular flexibility index (Phi) is 7.97. The van der Waals surface area contributed by atoms with Gasteiger partial charge in [-0.1, -0.05) is 0 Å². The smallest absolute Gasteiger partial charge is 0.269 e. The van der Waals surface area contributed by atoms with Crippen molar-refractivity contribution in [1.29, 1.82) is 0 Å². The van der Waals surface area contributed by atoms with Crippen LogP contribution in [0.15, 0.2) is 48.5 Å². The van der Waals surface area contributed by atoms with Crippen LogP contribution in [0.2, 0.25) is 0 Å². The van der Waals surface area contributed by atoms with Gasteiger partial charge < -0.3 is 9.80 Å². The summed E-state index contributed by atoms with van der Waals surface area (Å²) in [6.07, 6.45) is 0. The Labute approximate surface area is 193 Å². The Morgan fingerprint density at radius 3 is 1.42 bits per heavy atom. The summed E-state index contributed by atoms with van der Waals surface area (Å²) in [6.45, 7) is 2.40. The van der Waals surface area contributed by atoms with Crippen molar-refractivity contribution < 1.29 is 22.5 Å². The minimum absolute atomic E-state index is 0.0402. The molecule has 0 unspecified atom stereocenters. The summed E-state index contributed by atoms with van der Waals surface area (Å²) in [7, 11) is -3.59. The molecule has 0 spiro atoms. The fourth-order valence-electron chi connectivity index (χ4n) is 3.44. The maximum Gasteiger partial charge on any atom is 0.269 e. The van der Waals surface area contributed by atoms with Crippen molar-refractivity contribution in [3.63, 3.8) is 0 Å². The Hall–Kier alpha value is -3.06. The van der Waals surface area contributed by atoms with E-state index in [0.717, 1.165) is 24.5 Å². The lowest BCUT2D eigenvalue weighted by Crippen LogP contribution is -2.40. The molecular weight excluding hydrogens is 472 g/mol. The Morgan fingerprint density at radius 2 is 1.06 bits per heavy atom. The zero-order chi connectivity index (χ0) is 24.0. The lowest BCUT2D eigenvalue weighted by atomic mass is 10.2. The molecule has 4 rings (SSSR count). The van der Waals surface area contributed by atoms with Gasteiger partial charge in [0.2, 0.25) is 0 Å². The number of nitro benzene ring substituents is 2. The van der Waals surface area contributed by atoms with E-state index in [2.05, 4.69) is 4.90 Å². The lowest BCUT2D eigenvalue weighted by molar-refractivity contribution is -0.385. The molecule has 2 aliphatic rings. The molecule has 2 aromatic carbocycles. The van der Waals surface area contributed by atoms with E-state index in [1.165, 1.54) is 24.3 Å². The third-order valence-electron chi connectivity index (χ3n) is 5.37. The van der Waals surface area contributed by atoms with E-state index in [1.807, 2.05) is 4.90 Å². The number of nitro groups is 2. The molecular formula is C20H24N4O7S2. The number of hydrogen-bond donors (Lipinski definition) is 0. The van der Waals surface area contributed by atoms with E-state index in [9.17, 15) is 32.9 Å². The van der Waals surface area contributed by atoms with Crippen LogP contribution in [-0.2, 0) is 20.6 Å². The van der Waals surface area contributed by atoms with Crippen LogP contribution in [-0.4, -0.2) is 71.7 Å². The number of hydrogen-bond acceptors (Lipinski definition) is 9. The maximum absolute atomic E-state index is 11.3. The van der Waals surface area contributed by atoms with E-state index >= 15 is 0 Å². The topological polar surface area (TPSA) is 144 Å². The molecule has 0 bridgehead atoms. The minimum Gasteiger partial charge on any atom is -0.370 e. The predicted molar refractivity (Wildman–Crippen MR) is 127 cm³/mol. The first-order chi connectivity index (χ1) is 15.6. The molecule has 0 saturated carbocycles. The molecule has 13 heteroatoms. The monoisotopic (exact) mass is 496 g/mol. The number of rotatable bonds is 4. The normalized spacial score (nSPS) is 18.2. The van der Waals surface area contributed by atoms with Gasteiger partial charge in [0.15, 0.2) is 9.84 Å². The van der Waals surface area contributed by atoms with E-state index in [1.54, 1.807) is 24.3 Å². The molecule has 0 aromatic heterocycles. The number of non-ortho nitro benzene ring substituents is 2. The SMILES string of the molecule is O=[N+]([O-])c1ccc(N2CCS(=O)(=O)CC2)cc1.O=[N+]([O-])c1ccc(N2CCS(=O)CC2)cc1. The summed E-state index contributed by atoms with van der Waals surface area (Å²) < 4.78 is 33.7. The summed E-state index contributed by atoms with van der Waals surface area (Å²) >= 11 is 0. The molecule has 33 heavy (non-hydrogen) atoms. The minimum atomic E-state index is -2.90. The van der Waals surface area contributed by atoms with E-state index in [-0.39, 0.29) is 22.9 Å². The van der Waals surface area contributed by atoms with Crippen molar-refractivity contribution in [3.8, 4) is 0 Å². The molecule has 2 fully saturated rings. The van der Waals surface area contributed by atoms with Crippen LogP contribution in [0.25, 0.3) is 0 Å². The summed E-state index contributed by atoms with van der Waals surface area (Å²) in [4.78, 5) is 24.1. The maximum atomic E-state index is 11.3. The molecule has 178 valence electrons. The van der Waals surface area contributed by atoms with Gasteiger partial charge in [0.05, 0.1) is 21.4 Å². The van der Waals surface area contributed by atoms with Crippen molar-refractivity contribution in [3.05, 3.63) is 68.8 Å². The van der Waals surface area contributed by atoms with Gasteiger partial charge >= 0.3 is 0 Å². The first-order valence-corrected chi connectivity index (χ1v) is 13.5. The fraction of sp³-hybridized carbons (Fsp3) is 0.400. The van der Waals surface area contributed by atoms with Crippen LogP contribution < -0.4 is 9.80 Å². The molecule has 2 heterocycles. The molecule has 0 atom stereocenters. The Balaban J connectivity index is 0.000000186. The number of sulfone groups is 1. The first kappa shape index (κ1) is 24.6. The second-order valence-corrected chi connectivity index (χ2v) is 11.5. The van der Waals surface area contributed by atoms with Crippen molar-refractivity contribution in [2.24, 2.45) is 0 Å². The molecule has 0 amide bonds.